The Morgan fingerprint density at radius 2 is 1.48 bits per heavy atom. The lowest BCUT2D eigenvalue weighted by Crippen LogP contribution is -2.09. The van der Waals surface area contributed by atoms with Crippen LogP contribution < -0.4 is 0 Å². The van der Waals surface area contributed by atoms with E-state index in [2.05, 4.69) is 18.7 Å². The molecule has 0 aliphatic heterocycles. The Kier molecular flexibility index (Phi) is 6.84. The first-order valence-corrected chi connectivity index (χ1v) is 10.0. The summed E-state index contributed by atoms with van der Waals surface area (Å²) < 4.78 is 82.8. The second-order valence-corrected chi connectivity index (χ2v) is 8.70. The molecule has 2 N–H and O–H groups in total. The van der Waals surface area contributed by atoms with Crippen molar-refractivity contribution in [1.82, 2.24) is 0 Å². The van der Waals surface area contributed by atoms with Gasteiger partial charge in [0.05, 0.1) is 26.7 Å². The molecule has 10 nitrogen and oxygen atoms in total. The normalized spacial score (nSPS) is 12.3. The maximum Gasteiger partial charge on any atom is 0.325 e. The van der Waals surface area contributed by atoms with Crippen molar-refractivity contribution >= 4 is 32.0 Å². The quantitative estimate of drug-likeness (QED) is 0.202. The molecule has 2 aromatic carbocycles. The van der Waals surface area contributed by atoms with Crippen molar-refractivity contribution in [3.05, 3.63) is 48.0 Å². The SMILES string of the molecule is O=S(=O)(OO)c1cc(S(=O)(=O)c2ccc(F)c(SOOOO)c2)ccc1F. The summed E-state index contributed by atoms with van der Waals surface area (Å²) >= 11 is 0.155. The van der Waals surface area contributed by atoms with E-state index in [1.54, 1.807) is 0 Å². The van der Waals surface area contributed by atoms with Gasteiger partial charge < -0.3 is 0 Å². The lowest BCUT2D eigenvalue weighted by atomic mass is 10.3. The highest BCUT2D eigenvalue weighted by Crippen LogP contribution is 2.30. The molecule has 0 aliphatic carbocycles. The minimum atomic E-state index is -4.95. The van der Waals surface area contributed by atoms with Crippen LogP contribution in [-0.4, -0.2) is 27.4 Å². The molecule has 2 rings (SSSR count). The molecular weight excluding hydrogens is 438 g/mol. The van der Waals surface area contributed by atoms with E-state index >= 15 is 0 Å². The van der Waals surface area contributed by atoms with Crippen molar-refractivity contribution in [2.75, 3.05) is 0 Å². The van der Waals surface area contributed by atoms with E-state index in [9.17, 15) is 25.6 Å². The fourth-order valence-corrected chi connectivity index (χ4v) is 4.37. The summed E-state index contributed by atoms with van der Waals surface area (Å²) in [5, 5.41) is 23.0. The minimum absolute atomic E-state index is 0.155. The number of sulfone groups is 1. The third kappa shape index (κ3) is 4.78. The lowest BCUT2D eigenvalue weighted by molar-refractivity contribution is -0.591. The Balaban J connectivity index is 2.50. The zero-order chi connectivity index (χ0) is 20.2. The van der Waals surface area contributed by atoms with Gasteiger partial charge in [0, 0.05) is 0 Å². The number of hydrogen-bond donors (Lipinski definition) is 2. The van der Waals surface area contributed by atoms with Gasteiger partial charge in [0.25, 0.3) is 0 Å². The van der Waals surface area contributed by atoms with Crippen molar-refractivity contribution < 1.29 is 54.9 Å². The molecule has 0 bridgehead atoms. The van der Waals surface area contributed by atoms with Gasteiger partial charge in [-0.2, -0.15) is 8.42 Å². The van der Waals surface area contributed by atoms with E-state index in [1.807, 2.05) is 0 Å². The standard InChI is InChI=1S/C12H8F2O10S3/c13-9-3-1-7(5-11(9)25-24-23-21-15)26(17,18)8-2-4-10(14)12(6-8)27(19,20)22-16/h1-6,15-16H. The van der Waals surface area contributed by atoms with E-state index in [4.69, 9.17) is 10.5 Å². The molecule has 0 fully saturated rings. The van der Waals surface area contributed by atoms with Gasteiger partial charge in [-0.3, -0.25) is 0 Å². The Morgan fingerprint density at radius 3 is 2.07 bits per heavy atom. The summed E-state index contributed by atoms with van der Waals surface area (Å²) in [5.74, 6) is -2.29. The summed E-state index contributed by atoms with van der Waals surface area (Å²) in [6.45, 7) is 0. The summed E-state index contributed by atoms with van der Waals surface area (Å²) in [6, 6.07) is 4.14. The Labute approximate surface area is 154 Å². The molecule has 0 aromatic heterocycles. The maximum atomic E-state index is 13.7. The topological polar surface area (TPSA) is 146 Å². The van der Waals surface area contributed by atoms with Crippen LogP contribution in [-0.2, 0) is 38.7 Å². The van der Waals surface area contributed by atoms with Crippen LogP contribution in [0.4, 0.5) is 8.78 Å². The smallest absolute Gasteiger partial charge is 0.235 e. The van der Waals surface area contributed by atoms with Crippen LogP contribution in [0.5, 0.6) is 0 Å². The highest BCUT2D eigenvalue weighted by molar-refractivity contribution is 7.94. The summed E-state index contributed by atoms with van der Waals surface area (Å²) in [4.78, 5) is -2.82. The molecule has 2 aromatic rings. The van der Waals surface area contributed by atoms with E-state index in [0.717, 1.165) is 24.3 Å². The number of halogens is 2. The van der Waals surface area contributed by atoms with E-state index in [-0.39, 0.29) is 12.0 Å². The van der Waals surface area contributed by atoms with Gasteiger partial charge >= 0.3 is 10.1 Å². The van der Waals surface area contributed by atoms with Gasteiger partial charge in [0.2, 0.25) is 9.84 Å². The van der Waals surface area contributed by atoms with Crippen molar-refractivity contribution in [2.45, 2.75) is 19.6 Å². The second kappa shape index (κ2) is 8.55. The first kappa shape index (κ1) is 21.6. The summed E-state index contributed by atoms with van der Waals surface area (Å²) in [6.07, 6.45) is 0. The predicted molar refractivity (Wildman–Crippen MR) is 80.9 cm³/mol. The van der Waals surface area contributed by atoms with Crippen LogP contribution in [0, 0.1) is 11.6 Å². The largest absolute Gasteiger partial charge is 0.325 e. The van der Waals surface area contributed by atoms with Crippen molar-refractivity contribution in [3.63, 3.8) is 0 Å². The van der Waals surface area contributed by atoms with Crippen molar-refractivity contribution in [1.29, 1.82) is 0 Å². The van der Waals surface area contributed by atoms with Gasteiger partial charge in [-0.25, -0.2) is 27.7 Å². The Bertz CT molecular complexity index is 1040. The number of benzene rings is 2. The maximum absolute atomic E-state index is 13.7. The fraction of sp³-hybridized carbons (Fsp3) is 0. The van der Waals surface area contributed by atoms with Crippen LogP contribution in [0.3, 0.4) is 0 Å². The zero-order valence-corrected chi connectivity index (χ0v) is 15.1. The molecule has 0 saturated carbocycles. The molecule has 0 heterocycles. The van der Waals surface area contributed by atoms with Gasteiger partial charge in [-0.05, 0) is 46.5 Å². The van der Waals surface area contributed by atoms with Gasteiger partial charge in [-0.15, -0.1) is 8.67 Å². The first-order chi connectivity index (χ1) is 12.6. The van der Waals surface area contributed by atoms with E-state index < -0.39 is 51.2 Å². The van der Waals surface area contributed by atoms with Gasteiger partial charge in [-0.1, -0.05) is 0 Å². The summed E-state index contributed by atoms with van der Waals surface area (Å²) in [5.41, 5.74) is 0. The van der Waals surface area contributed by atoms with E-state index in [1.165, 1.54) is 0 Å². The third-order valence-electron chi connectivity index (χ3n) is 2.98. The monoisotopic (exact) mass is 446 g/mol. The van der Waals surface area contributed by atoms with E-state index in [0.29, 0.717) is 12.1 Å². The molecule has 0 amide bonds. The molecule has 0 aliphatic rings. The van der Waals surface area contributed by atoms with Gasteiger partial charge in [0.15, 0.2) is 0 Å². The molecule has 0 radical (unpaired) electrons. The first-order valence-electron chi connectivity index (χ1n) is 6.37. The minimum Gasteiger partial charge on any atom is -0.235 e. The molecule has 0 unspecified atom stereocenters. The Hall–Kier alpha value is -1.69. The Morgan fingerprint density at radius 1 is 0.889 bits per heavy atom. The molecule has 15 heteroatoms. The average molecular weight is 446 g/mol. The fourth-order valence-electron chi connectivity index (χ4n) is 1.80. The lowest BCUT2D eigenvalue weighted by Gasteiger charge is -2.09. The molecule has 0 atom stereocenters. The second-order valence-electron chi connectivity index (χ2n) is 4.51. The van der Waals surface area contributed by atoms with Crippen LogP contribution in [0.1, 0.15) is 0 Å². The number of hydrogen-bond acceptors (Lipinski definition) is 11. The van der Waals surface area contributed by atoms with Crippen LogP contribution >= 0.6 is 12.0 Å². The molecule has 148 valence electrons. The highest BCUT2D eigenvalue weighted by Gasteiger charge is 2.26. The average Bonchev–Trinajstić information content (AvgIpc) is 2.63. The molecule has 0 spiro atoms. The molecule has 0 saturated heterocycles. The van der Waals surface area contributed by atoms with Crippen LogP contribution in [0.15, 0.2) is 56.0 Å². The van der Waals surface area contributed by atoms with Crippen molar-refractivity contribution in [2.24, 2.45) is 0 Å². The van der Waals surface area contributed by atoms with Crippen LogP contribution in [0.2, 0.25) is 0 Å². The third-order valence-corrected chi connectivity index (χ3v) is 6.39. The van der Waals surface area contributed by atoms with Crippen molar-refractivity contribution in [3.8, 4) is 0 Å². The molecular formula is C12H8F2O10S3. The van der Waals surface area contributed by atoms with Gasteiger partial charge in [0.1, 0.15) is 16.5 Å². The summed E-state index contributed by atoms with van der Waals surface area (Å²) in [7, 11) is -9.39. The van der Waals surface area contributed by atoms with Crippen LogP contribution in [0.25, 0.3) is 0 Å². The zero-order valence-electron chi connectivity index (χ0n) is 12.6. The highest BCUT2D eigenvalue weighted by atomic mass is 32.2. The number of rotatable bonds is 8. The predicted octanol–water partition coefficient (Wildman–Crippen LogP) is 2.34. The molecule has 27 heavy (non-hydrogen) atoms.